The highest BCUT2D eigenvalue weighted by Gasteiger charge is 2.12. The van der Waals surface area contributed by atoms with Gasteiger partial charge >= 0.3 is 0 Å². The van der Waals surface area contributed by atoms with Gasteiger partial charge in [-0.2, -0.15) is 5.26 Å². The summed E-state index contributed by atoms with van der Waals surface area (Å²) >= 11 is 3.06. The van der Waals surface area contributed by atoms with Gasteiger partial charge in [-0.25, -0.2) is 18.7 Å². The lowest BCUT2D eigenvalue weighted by molar-refractivity contribution is 0.416. The van der Waals surface area contributed by atoms with Crippen LogP contribution in [-0.4, -0.2) is 23.6 Å². The van der Waals surface area contributed by atoms with Crippen LogP contribution in [0.4, 0.5) is 14.6 Å². The van der Waals surface area contributed by atoms with Crippen molar-refractivity contribution in [1.82, 2.24) is 9.97 Å². The van der Waals surface area contributed by atoms with E-state index in [1.807, 2.05) is 0 Å². The van der Waals surface area contributed by atoms with Crippen molar-refractivity contribution in [2.24, 2.45) is 0 Å². The van der Waals surface area contributed by atoms with Crippen LogP contribution in [0.5, 0.6) is 5.75 Å². The third-order valence-electron chi connectivity index (χ3n) is 4.06. The molecule has 0 aliphatic rings. The summed E-state index contributed by atoms with van der Waals surface area (Å²) in [6.45, 7) is 0.288. The molecule has 142 valence electrons. The number of ether oxygens (including phenoxy) is 1. The van der Waals surface area contributed by atoms with Crippen molar-refractivity contribution in [2.75, 3.05) is 19.0 Å². The largest absolute Gasteiger partial charge is 0.496 e. The SMILES string of the molecule is COc1cc(C#N)ccc1-c1cc(NCCc2c(F)cc(Br)cc2F)ncn1. The Bertz CT molecular complexity index is 1030. The summed E-state index contributed by atoms with van der Waals surface area (Å²) in [5.74, 6) is -0.171. The molecule has 3 aromatic rings. The zero-order valence-corrected chi connectivity index (χ0v) is 16.4. The summed E-state index contributed by atoms with van der Waals surface area (Å²) < 4.78 is 33.5. The number of rotatable bonds is 6. The van der Waals surface area contributed by atoms with Crippen LogP contribution in [-0.2, 0) is 6.42 Å². The summed E-state index contributed by atoms with van der Waals surface area (Å²) in [4.78, 5) is 8.37. The topological polar surface area (TPSA) is 70.8 Å². The van der Waals surface area contributed by atoms with Crippen molar-refractivity contribution in [3.8, 4) is 23.1 Å². The Hall–Kier alpha value is -3.05. The number of aromatic nitrogens is 2. The number of halogens is 3. The Morgan fingerprint density at radius 1 is 1.14 bits per heavy atom. The fourth-order valence-corrected chi connectivity index (χ4v) is 3.10. The Morgan fingerprint density at radius 2 is 1.89 bits per heavy atom. The van der Waals surface area contributed by atoms with Crippen LogP contribution in [0.2, 0.25) is 0 Å². The molecule has 0 aliphatic heterocycles. The van der Waals surface area contributed by atoms with Crippen molar-refractivity contribution in [3.05, 3.63) is 70.0 Å². The number of nitriles is 1. The fourth-order valence-electron chi connectivity index (χ4n) is 2.70. The maximum Gasteiger partial charge on any atom is 0.130 e. The molecule has 5 nitrogen and oxygen atoms in total. The van der Waals surface area contributed by atoms with Gasteiger partial charge in [0.05, 0.1) is 24.4 Å². The monoisotopic (exact) mass is 444 g/mol. The molecule has 0 atom stereocenters. The summed E-state index contributed by atoms with van der Waals surface area (Å²) in [5.41, 5.74) is 1.79. The minimum absolute atomic E-state index is 0.0127. The van der Waals surface area contributed by atoms with Gasteiger partial charge in [0.1, 0.15) is 29.5 Å². The third-order valence-corrected chi connectivity index (χ3v) is 4.52. The molecule has 0 spiro atoms. The number of hydrogen-bond acceptors (Lipinski definition) is 5. The summed E-state index contributed by atoms with van der Waals surface area (Å²) in [6.07, 6.45) is 1.54. The van der Waals surface area contributed by atoms with E-state index in [-0.39, 0.29) is 18.5 Å². The van der Waals surface area contributed by atoms with Crippen LogP contribution < -0.4 is 10.1 Å². The van der Waals surface area contributed by atoms with E-state index >= 15 is 0 Å². The first-order valence-corrected chi connectivity index (χ1v) is 9.09. The fraction of sp³-hybridized carbons (Fsp3) is 0.150. The molecule has 1 heterocycles. The van der Waals surface area contributed by atoms with E-state index in [9.17, 15) is 8.78 Å². The van der Waals surface area contributed by atoms with Gasteiger partial charge in [0.25, 0.3) is 0 Å². The number of anilines is 1. The third kappa shape index (κ3) is 4.43. The van der Waals surface area contributed by atoms with Gasteiger partial charge in [-0.15, -0.1) is 0 Å². The van der Waals surface area contributed by atoms with Gasteiger partial charge < -0.3 is 10.1 Å². The predicted octanol–water partition coefficient (Wildman–Crippen LogP) is 4.72. The molecular weight excluding hydrogens is 430 g/mol. The molecule has 8 heteroatoms. The van der Waals surface area contributed by atoms with Crippen molar-refractivity contribution in [1.29, 1.82) is 5.26 Å². The van der Waals surface area contributed by atoms with Gasteiger partial charge in [0.15, 0.2) is 0 Å². The molecule has 0 bridgehead atoms. The molecule has 28 heavy (non-hydrogen) atoms. The van der Waals surface area contributed by atoms with E-state index in [2.05, 4.69) is 37.3 Å². The highest BCUT2D eigenvalue weighted by atomic mass is 79.9. The average molecular weight is 445 g/mol. The lowest BCUT2D eigenvalue weighted by Gasteiger charge is -2.11. The first-order chi connectivity index (χ1) is 13.5. The first-order valence-electron chi connectivity index (χ1n) is 8.29. The highest BCUT2D eigenvalue weighted by Crippen LogP contribution is 2.30. The Balaban J connectivity index is 1.75. The lowest BCUT2D eigenvalue weighted by Crippen LogP contribution is -2.09. The Morgan fingerprint density at radius 3 is 2.57 bits per heavy atom. The molecule has 3 rings (SSSR count). The van der Waals surface area contributed by atoms with E-state index in [4.69, 9.17) is 10.00 Å². The van der Waals surface area contributed by atoms with Crippen LogP contribution >= 0.6 is 15.9 Å². The van der Waals surface area contributed by atoms with Gasteiger partial charge in [0, 0.05) is 28.2 Å². The standard InChI is InChI=1S/C20H15BrF2N4O/c1-28-19-6-12(10-24)2-3-15(19)18-9-20(27-11-26-18)25-5-4-14-16(22)7-13(21)8-17(14)23/h2-3,6-9,11H,4-5H2,1H3,(H,25,26,27). The van der Waals surface area contributed by atoms with Crippen LogP contribution in [0.25, 0.3) is 11.3 Å². The van der Waals surface area contributed by atoms with Crippen molar-refractivity contribution < 1.29 is 13.5 Å². The van der Waals surface area contributed by atoms with E-state index in [1.165, 1.54) is 25.6 Å². The van der Waals surface area contributed by atoms with Crippen molar-refractivity contribution >= 4 is 21.7 Å². The number of methoxy groups -OCH3 is 1. The maximum atomic E-state index is 13.9. The van der Waals surface area contributed by atoms with Gasteiger partial charge in [-0.3, -0.25) is 0 Å². The first kappa shape index (κ1) is 19.7. The van der Waals surface area contributed by atoms with E-state index < -0.39 is 11.6 Å². The van der Waals surface area contributed by atoms with Gasteiger partial charge in [0.2, 0.25) is 0 Å². The second kappa shape index (κ2) is 8.76. The van der Waals surface area contributed by atoms with E-state index in [0.29, 0.717) is 32.9 Å². The molecule has 0 saturated heterocycles. The van der Waals surface area contributed by atoms with Crippen LogP contribution in [0, 0.1) is 23.0 Å². The van der Waals surface area contributed by atoms with Gasteiger partial charge in [-0.05, 0) is 36.8 Å². The minimum atomic E-state index is -0.598. The number of hydrogen-bond donors (Lipinski definition) is 1. The van der Waals surface area contributed by atoms with E-state index in [0.717, 1.165) is 0 Å². The Labute approximate surface area is 169 Å². The average Bonchev–Trinajstić information content (AvgIpc) is 2.69. The second-order valence-electron chi connectivity index (χ2n) is 5.84. The summed E-state index contributed by atoms with van der Waals surface area (Å²) in [6, 6.07) is 11.3. The molecule has 0 radical (unpaired) electrons. The Kier molecular flexibility index (Phi) is 6.16. The van der Waals surface area contributed by atoms with Crippen LogP contribution in [0.3, 0.4) is 0 Å². The molecule has 0 saturated carbocycles. The molecular formula is C20H15BrF2N4O. The summed E-state index contributed by atoms with van der Waals surface area (Å²) in [5, 5.41) is 12.1. The number of benzene rings is 2. The van der Waals surface area contributed by atoms with Crippen LogP contribution in [0.1, 0.15) is 11.1 Å². The normalized spacial score (nSPS) is 10.4. The summed E-state index contributed by atoms with van der Waals surface area (Å²) in [7, 11) is 1.52. The molecule has 0 unspecified atom stereocenters. The van der Waals surface area contributed by atoms with E-state index in [1.54, 1.807) is 24.3 Å². The van der Waals surface area contributed by atoms with Crippen molar-refractivity contribution in [3.63, 3.8) is 0 Å². The molecule has 0 fully saturated rings. The highest BCUT2D eigenvalue weighted by molar-refractivity contribution is 9.10. The van der Waals surface area contributed by atoms with Gasteiger partial charge in [-0.1, -0.05) is 15.9 Å². The van der Waals surface area contributed by atoms with Crippen LogP contribution in [0.15, 0.2) is 47.2 Å². The molecule has 0 amide bonds. The second-order valence-corrected chi connectivity index (χ2v) is 6.76. The zero-order valence-electron chi connectivity index (χ0n) is 14.8. The number of nitrogens with one attached hydrogen (secondary N) is 1. The quantitative estimate of drug-likeness (QED) is 0.595. The molecule has 1 N–H and O–H groups in total. The number of nitrogens with zero attached hydrogens (tertiary/aromatic N) is 3. The molecule has 0 aliphatic carbocycles. The smallest absolute Gasteiger partial charge is 0.130 e. The minimum Gasteiger partial charge on any atom is -0.496 e. The molecule has 2 aromatic carbocycles. The zero-order chi connectivity index (χ0) is 20.1. The molecule has 1 aromatic heterocycles. The maximum absolute atomic E-state index is 13.9. The van der Waals surface area contributed by atoms with Crippen molar-refractivity contribution in [2.45, 2.75) is 6.42 Å². The predicted molar refractivity (Wildman–Crippen MR) is 105 cm³/mol. The lowest BCUT2D eigenvalue weighted by atomic mass is 10.1.